The molecule has 0 aliphatic carbocycles. The van der Waals surface area contributed by atoms with Crippen molar-refractivity contribution in [2.45, 2.75) is 6.61 Å². The van der Waals surface area contributed by atoms with Gasteiger partial charge in [-0.3, -0.25) is 9.89 Å². The number of aromatic nitrogens is 4. The predicted octanol–water partition coefficient (Wildman–Crippen LogP) is 3.84. The number of aromatic amines is 1. The summed E-state index contributed by atoms with van der Waals surface area (Å²) < 4.78 is 19.0. The van der Waals surface area contributed by atoms with Crippen molar-refractivity contribution in [1.82, 2.24) is 20.4 Å². The monoisotopic (exact) mass is 389 g/mol. The number of carbonyl (C=O) groups is 1. The number of nitrogens with zero attached hydrogens (tertiary/aromatic N) is 3. The quantitative estimate of drug-likeness (QED) is 0.523. The van der Waals surface area contributed by atoms with E-state index in [9.17, 15) is 9.18 Å². The summed E-state index contributed by atoms with van der Waals surface area (Å²) in [4.78, 5) is 12.9. The lowest BCUT2D eigenvalue weighted by molar-refractivity contribution is 0.102. The van der Waals surface area contributed by atoms with Crippen molar-refractivity contribution in [2.24, 2.45) is 0 Å². The fraction of sp³-hybridized carbons (Fsp3) is 0.0476. The summed E-state index contributed by atoms with van der Waals surface area (Å²) in [6, 6.07) is 12.9. The van der Waals surface area contributed by atoms with E-state index >= 15 is 0 Å². The van der Waals surface area contributed by atoms with Crippen LogP contribution in [0.15, 0.2) is 73.3 Å². The predicted molar refractivity (Wildman–Crippen MR) is 105 cm³/mol. The van der Waals surface area contributed by atoms with Crippen LogP contribution in [0.5, 0.6) is 5.75 Å². The summed E-state index contributed by atoms with van der Waals surface area (Å²) in [6.07, 6.45) is 6.35. The van der Waals surface area contributed by atoms with Gasteiger partial charge in [-0.15, -0.1) is 0 Å². The van der Waals surface area contributed by atoms with Gasteiger partial charge < -0.3 is 10.1 Å². The Hall–Kier alpha value is -4.07. The van der Waals surface area contributed by atoms with E-state index in [1.807, 2.05) is 6.07 Å². The molecule has 2 aromatic heterocycles. The Morgan fingerprint density at radius 1 is 1.03 bits per heavy atom. The minimum atomic E-state index is -0.350. The van der Waals surface area contributed by atoms with Gasteiger partial charge in [0.25, 0.3) is 5.91 Å². The van der Waals surface area contributed by atoms with E-state index < -0.39 is 0 Å². The van der Waals surface area contributed by atoms with E-state index in [2.05, 4.69) is 25.7 Å². The molecule has 0 unspecified atom stereocenters. The minimum Gasteiger partial charge on any atom is -0.488 e. The number of amides is 1. The highest BCUT2D eigenvalue weighted by molar-refractivity contribution is 6.06. The smallest absolute Gasteiger partial charge is 0.259 e. The van der Waals surface area contributed by atoms with Gasteiger partial charge >= 0.3 is 0 Å². The van der Waals surface area contributed by atoms with E-state index in [1.165, 1.54) is 24.5 Å². The first-order chi connectivity index (χ1) is 14.2. The van der Waals surface area contributed by atoms with Crippen molar-refractivity contribution in [3.05, 3.63) is 90.3 Å². The van der Waals surface area contributed by atoms with Gasteiger partial charge in [-0.25, -0.2) is 4.39 Å². The van der Waals surface area contributed by atoms with Crippen LogP contribution in [0.4, 0.5) is 10.1 Å². The first-order valence-corrected chi connectivity index (χ1v) is 8.77. The van der Waals surface area contributed by atoms with Crippen LogP contribution in [-0.2, 0) is 6.61 Å². The lowest BCUT2D eigenvalue weighted by Gasteiger charge is -2.13. The zero-order chi connectivity index (χ0) is 20.1. The van der Waals surface area contributed by atoms with Gasteiger partial charge in [-0.05, 0) is 41.5 Å². The second kappa shape index (κ2) is 8.30. The van der Waals surface area contributed by atoms with Gasteiger partial charge in [0.15, 0.2) is 0 Å². The molecular weight excluding hydrogens is 373 g/mol. The van der Waals surface area contributed by atoms with Crippen molar-refractivity contribution in [1.29, 1.82) is 0 Å². The van der Waals surface area contributed by atoms with Gasteiger partial charge in [0, 0.05) is 11.8 Å². The number of carbonyl (C=O) groups excluding carboxylic acids is 1. The number of benzene rings is 2. The standard InChI is InChI=1S/C21H16FN5O2/c22-17-4-1-14(2-5-17)13-29-20-6-3-15(16-10-24-25-11-16)9-19(20)21(28)27-18-7-8-23-26-12-18/h1-12H,13H2,(H,24,25)(H,23,27,28). The highest BCUT2D eigenvalue weighted by atomic mass is 19.1. The van der Waals surface area contributed by atoms with E-state index in [0.29, 0.717) is 17.0 Å². The Morgan fingerprint density at radius 2 is 1.90 bits per heavy atom. The third-order valence-corrected chi connectivity index (χ3v) is 4.21. The van der Waals surface area contributed by atoms with E-state index in [0.717, 1.165) is 16.7 Å². The molecule has 144 valence electrons. The molecule has 2 N–H and O–H groups in total. The summed E-state index contributed by atoms with van der Waals surface area (Å²) in [6.45, 7) is 0.197. The zero-order valence-electron chi connectivity index (χ0n) is 15.2. The van der Waals surface area contributed by atoms with Crippen molar-refractivity contribution in [2.75, 3.05) is 5.32 Å². The molecule has 0 saturated carbocycles. The van der Waals surface area contributed by atoms with Crippen LogP contribution in [0.3, 0.4) is 0 Å². The third kappa shape index (κ3) is 4.44. The van der Waals surface area contributed by atoms with Crippen molar-refractivity contribution < 1.29 is 13.9 Å². The van der Waals surface area contributed by atoms with Gasteiger partial charge in [0.05, 0.1) is 29.8 Å². The molecule has 0 atom stereocenters. The van der Waals surface area contributed by atoms with Crippen molar-refractivity contribution in [3.8, 4) is 16.9 Å². The molecule has 29 heavy (non-hydrogen) atoms. The molecule has 0 saturated heterocycles. The molecule has 0 bridgehead atoms. The molecule has 7 nitrogen and oxygen atoms in total. The highest BCUT2D eigenvalue weighted by Crippen LogP contribution is 2.28. The van der Waals surface area contributed by atoms with Crippen LogP contribution in [0, 0.1) is 5.82 Å². The fourth-order valence-electron chi connectivity index (χ4n) is 2.73. The van der Waals surface area contributed by atoms with Crippen molar-refractivity contribution in [3.63, 3.8) is 0 Å². The van der Waals surface area contributed by atoms with Crippen LogP contribution in [-0.4, -0.2) is 26.3 Å². The lowest BCUT2D eigenvalue weighted by Crippen LogP contribution is -2.14. The SMILES string of the molecule is O=C(Nc1ccnnc1)c1cc(-c2cn[nH]c2)ccc1OCc1ccc(F)cc1. The Balaban J connectivity index is 1.62. The first kappa shape index (κ1) is 18.3. The molecule has 1 amide bonds. The maximum absolute atomic E-state index is 13.1. The molecule has 0 fully saturated rings. The molecule has 0 aliphatic rings. The van der Waals surface area contributed by atoms with E-state index in [-0.39, 0.29) is 18.3 Å². The minimum absolute atomic E-state index is 0.197. The number of anilines is 1. The summed E-state index contributed by atoms with van der Waals surface area (Å²) in [5.41, 5.74) is 3.31. The normalized spacial score (nSPS) is 10.5. The van der Waals surface area contributed by atoms with Crippen LogP contribution in [0.25, 0.3) is 11.1 Å². The number of nitrogens with one attached hydrogen (secondary N) is 2. The van der Waals surface area contributed by atoms with Crippen LogP contribution in [0.2, 0.25) is 0 Å². The third-order valence-electron chi connectivity index (χ3n) is 4.21. The lowest BCUT2D eigenvalue weighted by atomic mass is 10.0. The number of hydrogen-bond donors (Lipinski definition) is 2. The summed E-state index contributed by atoms with van der Waals surface area (Å²) >= 11 is 0. The average molecular weight is 389 g/mol. The molecule has 2 aromatic carbocycles. The molecule has 2 heterocycles. The summed E-state index contributed by atoms with van der Waals surface area (Å²) in [5, 5.41) is 16.9. The second-order valence-corrected chi connectivity index (χ2v) is 6.20. The molecule has 4 aromatic rings. The number of rotatable bonds is 6. The van der Waals surface area contributed by atoms with Crippen LogP contribution >= 0.6 is 0 Å². The average Bonchev–Trinajstić information content (AvgIpc) is 3.29. The maximum atomic E-state index is 13.1. The van der Waals surface area contributed by atoms with Gasteiger partial charge in [-0.2, -0.15) is 15.3 Å². The fourth-order valence-corrected chi connectivity index (χ4v) is 2.73. The molecule has 8 heteroatoms. The van der Waals surface area contributed by atoms with E-state index in [1.54, 1.807) is 42.7 Å². The van der Waals surface area contributed by atoms with E-state index in [4.69, 9.17) is 4.74 Å². The molecule has 0 radical (unpaired) electrons. The second-order valence-electron chi connectivity index (χ2n) is 6.20. The van der Waals surface area contributed by atoms with Crippen LogP contribution < -0.4 is 10.1 Å². The molecular formula is C21H16FN5O2. The number of hydrogen-bond acceptors (Lipinski definition) is 5. The summed E-state index contributed by atoms with van der Waals surface area (Å²) in [5.74, 6) is -0.261. The Kier molecular flexibility index (Phi) is 5.24. The van der Waals surface area contributed by atoms with Gasteiger partial charge in [0.1, 0.15) is 18.2 Å². The number of ether oxygens (including phenoxy) is 1. The largest absolute Gasteiger partial charge is 0.488 e. The Morgan fingerprint density at radius 3 is 2.62 bits per heavy atom. The maximum Gasteiger partial charge on any atom is 0.259 e. The van der Waals surface area contributed by atoms with Crippen molar-refractivity contribution >= 4 is 11.6 Å². The van der Waals surface area contributed by atoms with Crippen LogP contribution in [0.1, 0.15) is 15.9 Å². The number of H-pyrrole nitrogens is 1. The molecule has 4 rings (SSSR count). The Bertz CT molecular complexity index is 1100. The van der Waals surface area contributed by atoms with Gasteiger partial charge in [-0.1, -0.05) is 18.2 Å². The first-order valence-electron chi connectivity index (χ1n) is 8.77. The zero-order valence-corrected chi connectivity index (χ0v) is 15.2. The molecule has 0 aliphatic heterocycles. The highest BCUT2D eigenvalue weighted by Gasteiger charge is 2.15. The Labute approximate surface area is 165 Å². The van der Waals surface area contributed by atoms with Gasteiger partial charge in [0.2, 0.25) is 0 Å². The topological polar surface area (TPSA) is 92.8 Å². The number of halogens is 1. The summed E-state index contributed by atoms with van der Waals surface area (Å²) in [7, 11) is 0. The molecule has 0 spiro atoms.